The van der Waals surface area contributed by atoms with Gasteiger partial charge in [-0.3, -0.25) is 9.59 Å². The van der Waals surface area contributed by atoms with Crippen LogP contribution in [0.5, 0.6) is 17.2 Å². The van der Waals surface area contributed by atoms with E-state index in [1.807, 2.05) is 30.3 Å². The van der Waals surface area contributed by atoms with Gasteiger partial charge in [0.15, 0.2) is 23.3 Å². The molecule has 1 aliphatic rings. The van der Waals surface area contributed by atoms with E-state index in [1.54, 1.807) is 6.92 Å². The molecule has 4 atom stereocenters. The van der Waals surface area contributed by atoms with E-state index in [-0.39, 0.29) is 23.3 Å². The zero-order valence-electron chi connectivity index (χ0n) is 24.3. The van der Waals surface area contributed by atoms with Crippen LogP contribution in [0.1, 0.15) is 63.9 Å². The second kappa shape index (κ2) is 15.8. The van der Waals surface area contributed by atoms with Crippen molar-refractivity contribution in [2.75, 3.05) is 20.5 Å². The van der Waals surface area contributed by atoms with Crippen LogP contribution in [0.3, 0.4) is 0 Å². The lowest BCUT2D eigenvalue weighted by Gasteiger charge is -2.34. The first kappa shape index (κ1) is 31.7. The number of hydrogen-bond acceptors (Lipinski definition) is 10. The van der Waals surface area contributed by atoms with Gasteiger partial charge in [-0.05, 0) is 37.8 Å². The van der Waals surface area contributed by atoms with Crippen molar-refractivity contribution in [3.8, 4) is 17.2 Å². The van der Waals surface area contributed by atoms with Gasteiger partial charge in [0, 0.05) is 25.8 Å². The number of carbonyl (C=O) groups excluding carboxylic acids is 3. The van der Waals surface area contributed by atoms with Crippen LogP contribution in [0.4, 0.5) is 0 Å². The molecule has 2 aromatic rings. The van der Waals surface area contributed by atoms with Crippen LogP contribution in [0.15, 0.2) is 42.6 Å². The van der Waals surface area contributed by atoms with Crippen molar-refractivity contribution < 1.29 is 42.8 Å². The molecular formula is C30H40N2O9. The minimum Gasteiger partial charge on any atom is -0.493 e. The fraction of sp³-hybridized carbons (Fsp3) is 0.533. The highest BCUT2D eigenvalue weighted by Crippen LogP contribution is 2.30. The third-order valence-corrected chi connectivity index (χ3v) is 6.38. The largest absolute Gasteiger partial charge is 0.493 e. The summed E-state index contributed by atoms with van der Waals surface area (Å²) in [4.78, 5) is 42.0. The molecule has 1 N–H and O–H groups in total. The van der Waals surface area contributed by atoms with E-state index >= 15 is 0 Å². The van der Waals surface area contributed by atoms with Crippen molar-refractivity contribution in [2.45, 2.75) is 77.7 Å². The predicted octanol–water partition coefficient (Wildman–Crippen LogP) is 4.08. The van der Waals surface area contributed by atoms with Crippen LogP contribution in [0.25, 0.3) is 0 Å². The number of amides is 1. The molecule has 11 heteroatoms. The van der Waals surface area contributed by atoms with Gasteiger partial charge in [0.05, 0.1) is 13.2 Å². The smallest absolute Gasteiger partial charge is 0.329 e. The first-order chi connectivity index (χ1) is 19.7. The summed E-state index contributed by atoms with van der Waals surface area (Å²) >= 11 is 0. The maximum Gasteiger partial charge on any atom is 0.329 e. The van der Waals surface area contributed by atoms with Crippen molar-refractivity contribution >= 4 is 17.8 Å². The van der Waals surface area contributed by atoms with Gasteiger partial charge in [0.25, 0.3) is 5.91 Å². The zero-order chi connectivity index (χ0) is 29.8. The molecule has 2 heterocycles. The van der Waals surface area contributed by atoms with E-state index in [9.17, 15) is 14.4 Å². The number of nitrogens with zero attached hydrogens (tertiary/aromatic N) is 1. The predicted molar refractivity (Wildman–Crippen MR) is 149 cm³/mol. The van der Waals surface area contributed by atoms with Crippen molar-refractivity contribution in [1.82, 2.24) is 10.3 Å². The Hall–Kier alpha value is -3.86. The molecule has 1 amide bonds. The lowest BCUT2D eigenvalue weighted by atomic mass is 9.98. The van der Waals surface area contributed by atoms with E-state index in [2.05, 4.69) is 24.1 Å². The van der Waals surface area contributed by atoms with Crippen LogP contribution < -0.4 is 19.5 Å². The van der Waals surface area contributed by atoms with Crippen molar-refractivity contribution in [1.29, 1.82) is 0 Å². The minimum absolute atomic E-state index is 0.0168. The first-order valence-corrected chi connectivity index (χ1v) is 13.8. The summed E-state index contributed by atoms with van der Waals surface area (Å²) < 4.78 is 34.0. The summed E-state index contributed by atoms with van der Waals surface area (Å²) in [5.41, 5.74) is -0.123. The summed E-state index contributed by atoms with van der Waals surface area (Å²) in [6.45, 7) is 7.26. The number of hydrogen-bond donors (Lipinski definition) is 1. The molecule has 224 valence electrons. The van der Waals surface area contributed by atoms with E-state index in [4.69, 9.17) is 28.4 Å². The van der Waals surface area contributed by atoms with Gasteiger partial charge in [0.1, 0.15) is 17.9 Å². The standard InChI is InChI=1S/C30H40N2O9/c1-19(2)17-37-25-14-10-9-13-23(30(35)40-20(3)27(25)41-22-11-7-6-8-12-22)32-29(34)26-28(39-18-38-21(4)33)24(36-5)15-16-31-26/h6-8,11-12,15-16,19-20,23,25,27H,9-10,13-14,17-18H2,1-5H3,(H,32,34)/t20-,23-,25-,27-/m0/s1. The highest BCUT2D eigenvalue weighted by molar-refractivity contribution is 5.98. The SMILES string of the molecule is COc1ccnc(C(=O)N[C@H]2CCCC[C@H](OCC(C)C)[C@@H](Oc3ccccc3)[C@H](C)OC2=O)c1OCOC(C)=O. The summed E-state index contributed by atoms with van der Waals surface area (Å²) in [7, 11) is 1.40. The number of pyridine rings is 1. The number of aromatic nitrogens is 1. The molecule has 41 heavy (non-hydrogen) atoms. The van der Waals surface area contributed by atoms with Crippen LogP contribution >= 0.6 is 0 Å². The number of cyclic esters (lactones) is 1. The van der Waals surface area contributed by atoms with Gasteiger partial charge < -0.3 is 33.7 Å². The monoisotopic (exact) mass is 572 g/mol. The lowest BCUT2D eigenvalue weighted by molar-refractivity contribution is -0.162. The molecule has 1 fully saturated rings. The quantitative estimate of drug-likeness (QED) is 0.310. The Bertz CT molecular complexity index is 1140. The second-order valence-electron chi connectivity index (χ2n) is 10.2. The van der Waals surface area contributed by atoms with Gasteiger partial charge in [-0.1, -0.05) is 44.9 Å². The Balaban J connectivity index is 1.78. The van der Waals surface area contributed by atoms with E-state index in [0.29, 0.717) is 37.5 Å². The lowest BCUT2D eigenvalue weighted by Crippen LogP contribution is -2.49. The Morgan fingerprint density at radius 2 is 1.85 bits per heavy atom. The third-order valence-electron chi connectivity index (χ3n) is 6.38. The number of nitrogens with one attached hydrogen (secondary N) is 1. The Morgan fingerprint density at radius 1 is 1.12 bits per heavy atom. The first-order valence-electron chi connectivity index (χ1n) is 13.8. The van der Waals surface area contributed by atoms with Crippen LogP contribution in [0, 0.1) is 5.92 Å². The fourth-order valence-corrected chi connectivity index (χ4v) is 4.35. The van der Waals surface area contributed by atoms with Crippen molar-refractivity contribution in [3.05, 3.63) is 48.3 Å². The number of methoxy groups -OCH3 is 1. The highest BCUT2D eigenvalue weighted by atomic mass is 16.7. The zero-order valence-corrected chi connectivity index (χ0v) is 24.3. The number of benzene rings is 1. The summed E-state index contributed by atoms with van der Waals surface area (Å²) in [6, 6.07) is 9.90. The normalized spacial score (nSPS) is 21.4. The maximum atomic E-state index is 13.4. The van der Waals surface area contributed by atoms with Crippen LogP contribution in [-0.2, 0) is 23.8 Å². The molecular weight excluding hydrogens is 532 g/mol. The Morgan fingerprint density at radius 3 is 2.54 bits per heavy atom. The second-order valence-corrected chi connectivity index (χ2v) is 10.2. The van der Waals surface area contributed by atoms with Gasteiger partial charge in [-0.2, -0.15) is 0 Å². The van der Waals surface area contributed by atoms with Crippen LogP contribution in [-0.4, -0.2) is 67.7 Å². The van der Waals surface area contributed by atoms with Gasteiger partial charge in [-0.25, -0.2) is 9.78 Å². The molecule has 0 spiro atoms. The fourth-order valence-electron chi connectivity index (χ4n) is 4.35. The molecule has 0 bridgehead atoms. The van der Waals surface area contributed by atoms with E-state index < -0.39 is 42.9 Å². The van der Waals surface area contributed by atoms with Gasteiger partial charge >= 0.3 is 11.9 Å². The Labute approximate surface area is 240 Å². The summed E-state index contributed by atoms with van der Waals surface area (Å²) in [5.74, 6) is -0.640. The van der Waals surface area contributed by atoms with Crippen molar-refractivity contribution in [2.24, 2.45) is 5.92 Å². The molecule has 0 radical (unpaired) electrons. The molecule has 1 aliphatic heterocycles. The number of ether oxygens (including phenoxy) is 6. The summed E-state index contributed by atoms with van der Waals surface area (Å²) in [5, 5.41) is 2.74. The summed E-state index contributed by atoms with van der Waals surface area (Å²) in [6.07, 6.45) is 2.29. The van der Waals surface area contributed by atoms with E-state index in [0.717, 1.165) is 6.42 Å². The van der Waals surface area contributed by atoms with Gasteiger partial charge in [0.2, 0.25) is 6.79 Å². The molecule has 1 aromatic heterocycles. The average molecular weight is 573 g/mol. The molecule has 0 unspecified atom stereocenters. The van der Waals surface area contributed by atoms with E-state index in [1.165, 1.54) is 26.3 Å². The third kappa shape index (κ3) is 9.63. The molecule has 0 saturated carbocycles. The number of carbonyl (C=O) groups is 3. The van der Waals surface area contributed by atoms with Gasteiger partial charge in [-0.15, -0.1) is 0 Å². The maximum absolute atomic E-state index is 13.4. The van der Waals surface area contributed by atoms with Crippen molar-refractivity contribution in [3.63, 3.8) is 0 Å². The molecule has 3 rings (SSSR count). The number of esters is 2. The highest BCUT2D eigenvalue weighted by Gasteiger charge is 2.36. The Kier molecular flexibility index (Phi) is 12.2. The average Bonchev–Trinajstić information content (AvgIpc) is 2.94. The molecule has 1 aromatic carbocycles. The number of rotatable bonds is 11. The van der Waals surface area contributed by atoms with Crippen LogP contribution in [0.2, 0.25) is 0 Å². The molecule has 1 saturated heterocycles. The minimum atomic E-state index is -0.940. The number of para-hydroxylation sites is 1. The molecule has 0 aliphatic carbocycles. The molecule has 11 nitrogen and oxygen atoms in total. The topological polar surface area (TPSA) is 132 Å².